The Kier molecular flexibility index (Phi) is 12.6. The molecule has 0 radical (unpaired) electrons. The quantitative estimate of drug-likeness (QED) is 0.116. The Hall–Kier alpha value is -2.28. The smallest absolute Gasteiger partial charge is 0.259 e. The fourth-order valence-electron chi connectivity index (χ4n) is 3.48. The van der Waals surface area contributed by atoms with Gasteiger partial charge in [0.1, 0.15) is 17.3 Å². The van der Waals surface area contributed by atoms with Gasteiger partial charge in [-0.3, -0.25) is 10.2 Å². The van der Waals surface area contributed by atoms with Gasteiger partial charge in [-0.15, -0.1) is 0 Å². The lowest BCUT2D eigenvalue weighted by molar-refractivity contribution is 0.0361. The zero-order valence-corrected chi connectivity index (χ0v) is 18.3. The first-order valence-corrected chi connectivity index (χ1v) is 11.2. The minimum absolute atomic E-state index is 0.0490. The normalized spacial score (nSPS) is 11.9. The fourth-order valence-corrected chi connectivity index (χ4v) is 3.48. The van der Waals surface area contributed by atoms with Gasteiger partial charge < -0.3 is 26.0 Å². The molecular weight excluding hydrogens is 382 g/mol. The van der Waals surface area contributed by atoms with Crippen LogP contribution in [0.5, 0.6) is 11.5 Å². The maximum absolute atomic E-state index is 12.7. The van der Waals surface area contributed by atoms with Crippen LogP contribution in [0.2, 0.25) is 0 Å². The Balaban J connectivity index is 2.37. The van der Waals surface area contributed by atoms with Crippen molar-refractivity contribution in [1.82, 2.24) is 4.90 Å². The van der Waals surface area contributed by atoms with Crippen molar-refractivity contribution in [2.45, 2.75) is 90.2 Å². The van der Waals surface area contributed by atoms with E-state index >= 15 is 0 Å². The number of phenols is 2. The number of unbranched alkanes of at least 4 members (excludes halogenated alkanes) is 11. The van der Waals surface area contributed by atoms with E-state index in [-0.39, 0.29) is 23.6 Å². The van der Waals surface area contributed by atoms with Crippen LogP contribution in [0.4, 0.5) is 0 Å². The molecule has 0 saturated heterocycles. The van der Waals surface area contributed by atoms with Crippen molar-refractivity contribution in [3.63, 3.8) is 0 Å². The molecule has 0 fully saturated rings. The summed E-state index contributed by atoms with van der Waals surface area (Å²) in [5.74, 6) is -1.70. The number of nitrogens with one attached hydrogen (secondary N) is 1. The van der Waals surface area contributed by atoms with Gasteiger partial charge in [-0.2, -0.15) is 0 Å². The van der Waals surface area contributed by atoms with E-state index in [0.29, 0.717) is 6.42 Å². The predicted octanol–water partition coefficient (Wildman–Crippen LogP) is 4.50. The first kappa shape index (κ1) is 25.8. The number of phenolic OH excluding ortho intramolecular Hbond substituents is 2. The van der Waals surface area contributed by atoms with E-state index in [1.165, 1.54) is 63.5 Å². The van der Waals surface area contributed by atoms with Crippen molar-refractivity contribution in [3.8, 4) is 11.5 Å². The summed E-state index contributed by atoms with van der Waals surface area (Å²) >= 11 is 0. The Bertz CT molecular complexity index is 651. The van der Waals surface area contributed by atoms with Crippen LogP contribution in [0, 0.1) is 5.41 Å². The summed E-state index contributed by atoms with van der Waals surface area (Å²) in [6, 6.07) is 3.64. The average Bonchev–Trinajstić information content (AvgIpc) is 2.70. The standard InChI is InChI=1S/C23H39N3O4/c1-2-3-4-5-6-7-8-9-10-11-12-13-16-26(23(30)21(24)25)22(29)19-15-14-18(27)17-20(19)28/h14-15,17,23,27-28,30H,2-13,16H2,1H3,(H3,24,25). The Morgan fingerprint density at radius 1 is 0.967 bits per heavy atom. The third kappa shape index (κ3) is 9.48. The largest absolute Gasteiger partial charge is 0.508 e. The maximum Gasteiger partial charge on any atom is 0.259 e. The van der Waals surface area contributed by atoms with E-state index in [1.54, 1.807) is 0 Å². The molecule has 0 bridgehead atoms. The first-order chi connectivity index (χ1) is 14.4. The van der Waals surface area contributed by atoms with Crippen molar-refractivity contribution >= 4 is 11.7 Å². The van der Waals surface area contributed by atoms with Gasteiger partial charge in [-0.05, 0) is 18.6 Å². The highest BCUT2D eigenvalue weighted by molar-refractivity contribution is 5.99. The molecule has 1 rings (SSSR count). The molecule has 0 aliphatic rings. The Morgan fingerprint density at radius 2 is 1.47 bits per heavy atom. The van der Waals surface area contributed by atoms with Gasteiger partial charge >= 0.3 is 0 Å². The summed E-state index contributed by atoms with van der Waals surface area (Å²) in [6.07, 6.45) is 12.6. The third-order valence-electron chi connectivity index (χ3n) is 5.30. The van der Waals surface area contributed by atoms with E-state index in [9.17, 15) is 20.1 Å². The highest BCUT2D eigenvalue weighted by Gasteiger charge is 2.26. The molecule has 6 N–H and O–H groups in total. The number of benzene rings is 1. The lowest BCUT2D eigenvalue weighted by Crippen LogP contribution is -2.48. The molecular formula is C23H39N3O4. The molecule has 1 unspecified atom stereocenters. The van der Waals surface area contributed by atoms with Gasteiger partial charge in [0.15, 0.2) is 6.23 Å². The number of amides is 1. The number of hydrogen-bond donors (Lipinski definition) is 5. The molecule has 1 atom stereocenters. The molecule has 170 valence electrons. The summed E-state index contributed by atoms with van der Waals surface area (Å²) in [4.78, 5) is 13.8. The van der Waals surface area contributed by atoms with Gasteiger partial charge in [0.25, 0.3) is 5.91 Å². The zero-order valence-electron chi connectivity index (χ0n) is 18.3. The van der Waals surface area contributed by atoms with Crippen molar-refractivity contribution in [2.75, 3.05) is 6.54 Å². The summed E-state index contributed by atoms with van der Waals surface area (Å²) in [7, 11) is 0. The van der Waals surface area contributed by atoms with Gasteiger partial charge in [0.2, 0.25) is 0 Å². The number of hydrogen-bond acceptors (Lipinski definition) is 5. The average molecular weight is 422 g/mol. The highest BCUT2D eigenvalue weighted by atomic mass is 16.3. The minimum atomic E-state index is -1.54. The molecule has 7 heteroatoms. The van der Waals surface area contributed by atoms with Crippen LogP contribution in [-0.2, 0) is 0 Å². The summed E-state index contributed by atoms with van der Waals surface area (Å²) < 4.78 is 0. The van der Waals surface area contributed by atoms with Crippen LogP contribution in [0.1, 0.15) is 94.3 Å². The van der Waals surface area contributed by atoms with Crippen LogP contribution >= 0.6 is 0 Å². The zero-order chi connectivity index (χ0) is 22.4. The van der Waals surface area contributed by atoms with E-state index in [2.05, 4.69) is 6.92 Å². The van der Waals surface area contributed by atoms with Crippen LogP contribution in [0.15, 0.2) is 18.2 Å². The van der Waals surface area contributed by atoms with E-state index in [0.717, 1.165) is 30.2 Å². The number of rotatable bonds is 16. The number of aliphatic hydroxyl groups excluding tert-OH is 1. The number of amidine groups is 1. The Labute approximate surface area is 180 Å². The topological polar surface area (TPSA) is 131 Å². The molecule has 1 amide bonds. The Morgan fingerprint density at radius 3 is 1.93 bits per heavy atom. The SMILES string of the molecule is CCCCCCCCCCCCCCN(C(=O)c1ccc(O)cc1O)C(O)C(=N)N. The van der Waals surface area contributed by atoms with Crippen LogP contribution in [0.3, 0.4) is 0 Å². The highest BCUT2D eigenvalue weighted by Crippen LogP contribution is 2.24. The number of aromatic hydroxyl groups is 2. The summed E-state index contributed by atoms with van der Waals surface area (Å²) in [5.41, 5.74) is 5.34. The van der Waals surface area contributed by atoms with Crippen LogP contribution in [-0.4, -0.2) is 44.7 Å². The van der Waals surface area contributed by atoms with Crippen molar-refractivity contribution in [1.29, 1.82) is 5.41 Å². The second-order valence-corrected chi connectivity index (χ2v) is 7.92. The van der Waals surface area contributed by atoms with Crippen molar-refractivity contribution in [2.24, 2.45) is 5.73 Å². The van der Waals surface area contributed by atoms with Crippen LogP contribution in [0.25, 0.3) is 0 Å². The second kappa shape index (κ2) is 14.7. The number of nitrogens with two attached hydrogens (primary N) is 1. The molecule has 30 heavy (non-hydrogen) atoms. The first-order valence-electron chi connectivity index (χ1n) is 11.2. The fraction of sp³-hybridized carbons (Fsp3) is 0.652. The number of carbonyl (C=O) groups excluding carboxylic acids is 1. The summed E-state index contributed by atoms with van der Waals surface area (Å²) in [5, 5.41) is 37.0. The number of nitrogens with zero attached hydrogens (tertiary/aromatic N) is 1. The van der Waals surface area contributed by atoms with Gasteiger partial charge in [-0.25, -0.2) is 0 Å². The lowest BCUT2D eigenvalue weighted by atomic mass is 10.1. The lowest BCUT2D eigenvalue weighted by Gasteiger charge is -2.27. The van der Waals surface area contributed by atoms with Gasteiger partial charge in [0.05, 0.1) is 5.56 Å². The molecule has 7 nitrogen and oxygen atoms in total. The van der Waals surface area contributed by atoms with Crippen molar-refractivity contribution in [3.05, 3.63) is 23.8 Å². The molecule has 1 aromatic carbocycles. The second-order valence-electron chi connectivity index (χ2n) is 7.92. The number of aliphatic hydroxyl groups is 1. The molecule has 0 aliphatic heterocycles. The van der Waals surface area contributed by atoms with Crippen molar-refractivity contribution < 1.29 is 20.1 Å². The van der Waals surface area contributed by atoms with Gasteiger partial charge in [0, 0.05) is 12.6 Å². The van der Waals surface area contributed by atoms with Gasteiger partial charge in [-0.1, -0.05) is 77.6 Å². The summed E-state index contributed by atoms with van der Waals surface area (Å²) in [6.45, 7) is 2.46. The molecule has 0 aliphatic carbocycles. The third-order valence-corrected chi connectivity index (χ3v) is 5.30. The molecule has 0 heterocycles. The number of carbonyl (C=O) groups is 1. The van der Waals surface area contributed by atoms with E-state index in [1.807, 2.05) is 0 Å². The molecule has 1 aromatic rings. The maximum atomic E-state index is 12.7. The monoisotopic (exact) mass is 421 g/mol. The minimum Gasteiger partial charge on any atom is -0.508 e. The molecule has 0 aromatic heterocycles. The van der Waals surface area contributed by atoms with E-state index in [4.69, 9.17) is 11.1 Å². The van der Waals surface area contributed by atoms with E-state index < -0.39 is 18.0 Å². The van der Waals surface area contributed by atoms with Crippen LogP contribution < -0.4 is 5.73 Å². The predicted molar refractivity (Wildman–Crippen MR) is 120 cm³/mol. The molecule has 0 saturated carbocycles. The molecule has 0 spiro atoms.